The molecule has 2 aromatic heterocycles. The van der Waals surface area contributed by atoms with E-state index in [4.69, 9.17) is 4.74 Å². The molecule has 1 saturated carbocycles. The molecule has 0 saturated heterocycles. The van der Waals surface area contributed by atoms with Crippen LogP contribution in [0.25, 0.3) is 17.1 Å². The van der Waals surface area contributed by atoms with Crippen molar-refractivity contribution in [2.75, 3.05) is 0 Å². The molecule has 0 unspecified atom stereocenters. The van der Waals surface area contributed by atoms with Gasteiger partial charge in [-0.3, -0.25) is 9.51 Å². The van der Waals surface area contributed by atoms with Crippen LogP contribution in [0.1, 0.15) is 25.7 Å². The summed E-state index contributed by atoms with van der Waals surface area (Å²) in [4.78, 5) is 13.6. The summed E-state index contributed by atoms with van der Waals surface area (Å²) in [6, 6.07) is 7.63. The van der Waals surface area contributed by atoms with Gasteiger partial charge >= 0.3 is 11.8 Å². The molecule has 1 aliphatic rings. The molecule has 1 fully saturated rings. The third kappa shape index (κ3) is 2.72. The molecule has 0 spiro atoms. The second-order valence-corrected chi connectivity index (χ2v) is 5.39. The summed E-state index contributed by atoms with van der Waals surface area (Å²) in [6.45, 7) is 0. The summed E-state index contributed by atoms with van der Waals surface area (Å²) in [5.41, 5.74) is 1.40. The summed E-state index contributed by atoms with van der Waals surface area (Å²) < 4.78 is 11.9. The van der Waals surface area contributed by atoms with Gasteiger partial charge in [0.1, 0.15) is 6.10 Å². The van der Waals surface area contributed by atoms with Crippen molar-refractivity contribution in [1.82, 2.24) is 30.3 Å². The highest BCUT2D eigenvalue weighted by molar-refractivity contribution is 5.58. The van der Waals surface area contributed by atoms with Crippen molar-refractivity contribution >= 4 is 0 Å². The highest BCUT2D eigenvalue weighted by Gasteiger charge is 2.20. The van der Waals surface area contributed by atoms with E-state index >= 15 is 0 Å². The third-order valence-electron chi connectivity index (χ3n) is 3.82. The van der Waals surface area contributed by atoms with E-state index in [2.05, 4.69) is 30.2 Å². The van der Waals surface area contributed by atoms with Gasteiger partial charge in [-0.2, -0.15) is 4.68 Å². The Morgan fingerprint density at radius 2 is 2.17 bits per heavy atom. The molecule has 9 nitrogen and oxygen atoms in total. The second kappa shape index (κ2) is 5.67. The van der Waals surface area contributed by atoms with Crippen LogP contribution >= 0.6 is 0 Å². The Bertz CT molecular complexity index is 861. The van der Waals surface area contributed by atoms with E-state index in [1.54, 1.807) is 12.1 Å². The van der Waals surface area contributed by atoms with Gasteiger partial charge in [0, 0.05) is 5.56 Å². The van der Waals surface area contributed by atoms with Gasteiger partial charge < -0.3 is 4.74 Å². The highest BCUT2D eigenvalue weighted by Crippen LogP contribution is 2.25. The molecular formula is C14H14N6O3. The lowest BCUT2D eigenvalue weighted by Gasteiger charge is -2.12. The van der Waals surface area contributed by atoms with Gasteiger partial charge in [0.25, 0.3) is 0 Å². The minimum atomic E-state index is -0.599. The van der Waals surface area contributed by atoms with Crippen LogP contribution in [0.4, 0.5) is 0 Å². The summed E-state index contributed by atoms with van der Waals surface area (Å²) >= 11 is 0. The zero-order chi connectivity index (χ0) is 15.6. The molecule has 0 atom stereocenters. The van der Waals surface area contributed by atoms with Gasteiger partial charge in [0.05, 0.1) is 5.69 Å². The standard InChI is InChI=1S/C14H14N6O3/c21-14-15-12(17-23-14)9-4-3-5-10(8-9)20-13(16-18-19-20)22-11-6-1-2-7-11/h3-5,8,11H,1-2,6-7H2,(H,15,17,21). The van der Waals surface area contributed by atoms with Gasteiger partial charge in [-0.1, -0.05) is 22.4 Å². The molecule has 3 aromatic rings. The number of aromatic amines is 1. The Balaban J connectivity index is 1.66. The molecule has 1 aromatic carbocycles. The topological polar surface area (TPSA) is 112 Å². The first-order chi connectivity index (χ1) is 11.3. The molecule has 0 aliphatic heterocycles. The lowest BCUT2D eigenvalue weighted by Crippen LogP contribution is -2.14. The number of benzene rings is 1. The lowest BCUT2D eigenvalue weighted by molar-refractivity contribution is 0.187. The molecule has 23 heavy (non-hydrogen) atoms. The van der Waals surface area contributed by atoms with Crippen LogP contribution in [-0.4, -0.2) is 36.5 Å². The molecule has 0 radical (unpaired) electrons. The van der Waals surface area contributed by atoms with E-state index in [1.807, 2.05) is 12.1 Å². The Hall–Kier alpha value is -2.97. The van der Waals surface area contributed by atoms with E-state index < -0.39 is 5.76 Å². The molecular weight excluding hydrogens is 300 g/mol. The predicted octanol–water partition coefficient (Wildman–Crippen LogP) is 1.33. The maximum atomic E-state index is 11.1. The fourth-order valence-electron chi connectivity index (χ4n) is 2.71. The number of aromatic nitrogens is 6. The second-order valence-electron chi connectivity index (χ2n) is 5.39. The van der Waals surface area contributed by atoms with Gasteiger partial charge in [-0.25, -0.2) is 4.79 Å². The molecule has 0 bridgehead atoms. The van der Waals surface area contributed by atoms with E-state index in [1.165, 1.54) is 17.5 Å². The molecule has 0 amide bonds. The maximum absolute atomic E-state index is 11.1. The molecule has 4 rings (SSSR count). The smallest absolute Gasteiger partial charge is 0.439 e. The summed E-state index contributed by atoms with van der Waals surface area (Å²) in [5.74, 6) is -0.249. The van der Waals surface area contributed by atoms with Crippen molar-refractivity contribution in [3.8, 4) is 23.1 Å². The third-order valence-corrected chi connectivity index (χ3v) is 3.82. The van der Waals surface area contributed by atoms with Crippen molar-refractivity contribution in [1.29, 1.82) is 0 Å². The number of ether oxygens (including phenoxy) is 1. The van der Waals surface area contributed by atoms with Crippen LogP contribution < -0.4 is 10.5 Å². The van der Waals surface area contributed by atoms with Crippen LogP contribution in [0.3, 0.4) is 0 Å². The maximum Gasteiger partial charge on any atom is 0.439 e. The molecule has 2 heterocycles. The average Bonchev–Trinajstić information content (AvgIpc) is 3.30. The first-order valence-corrected chi connectivity index (χ1v) is 7.41. The number of rotatable bonds is 4. The fraction of sp³-hybridized carbons (Fsp3) is 0.357. The number of nitrogens with one attached hydrogen (secondary N) is 1. The lowest BCUT2D eigenvalue weighted by atomic mass is 10.2. The SMILES string of the molecule is O=c1[nH]c(-c2cccc(-n3nnnc3OC3CCCC3)c2)no1. The summed E-state index contributed by atoms with van der Waals surface area (Å²) in [5, 5.41) is 15.3. The summed E-state index contributed by atoms with van der Waals surface area (Å²) in [6.07, 6.45) is 4.54. The molecule has 9 heteroatoms. The van der Waals surface area contributed by atoms with Crippen molar-refractivity contribution < 1.29 is 9.26 Å². The minimum absolute atomic E-state index is 0.162. The van der Waals surface area contributed by atoms with Crippen LogP contribution in [0.2, 0.25) is 0 Å². The number of hydrogen-bond donors (Lipinski definition) is 1. The highest BCUT2D eigenvalue weighted by atomic mass is 16.5. The van der Waals surface area contributed by atoms with Crippen molar-refractivity contribution in [2.45, 2.75) is 31.8 Å². The van der Waals surface area contributed by atoms with Crippen molar-refractivity contribution in [2.24, 2.45) is 0 Å². The van der Waals surface area contributed by atoms with Gasteiger partial charge in [-0.05, 0) is 48.2 Å². The number of H-pyrrole nitrogens is 1. The number of nitrogens with zero attached hydrogens (tertiary/aromatic N) is 5. The minimum Gasteiger partial charge on any atom is -0.459 e. The first kappa shape index (κ1) is 13.7. The zero-order valence-electron chi connectivity index (χ0n) is 12.2. The van der Waals surface area contributed by atoms with E-state index in [9.17, 15) is 4.79 Å². The average molecular weight is 314 g/mol. The fourth-order valence-corrected chi connectivity index (χ4v) is 2.71. The van der Waals surface area contributed by atoms with Crippen LogP contribution in [0, 0.1) is 0 Å². The Morgan fingerprint density at radius 3 is 2.96 bits per heavy atom. The van der Waals surface area contributed by atoms with Crippen LogP contribution in [-0.2, 0) is 0 Å². The Kier molecular flexibility index (Phi) is 3.37. The Morgan fingerprint density at radius 1 is 1.30 bits per heavy atom. The number of tetrazole rings is 1. The zero-order valence-corrected chi connectivity index (χ0v) is 12.2. The van der Waals surface area contributed by atoms with Crippen molar-refractivity contribution in [3.05, 3.63) is 34.8 Å². The number of hydrogen-bond acceptors (Lipinski definition) is 7. The van der Waals surface area contributed by atoms with E-state index in [0.29, 0.717) is 23.1 Å². The monoisotopic (exact) mass is 314 g/mol. The van der Waals surface area contributed by atoms with Crippen LogP contribution in [0.15, 0.2) is 33.6 Å². The molecule has 118 valence electrons. The van der Waals surface area contributed by atoms with Crippen molar-refractivity contribution in [3.63, 3.8) is 0 Å². The van der Waals surface area contributed by atoms with Gasteiger partial charge in [0.15, 0.2) is 5.82 Å². The quantitative estimate of drug-likeness (QED) is 0.773. The van der Waals surface area contributed by atoms with Gasteiger partial charge in [-0.15, -0.1) is 0 Å². The van der Waals surface area contributed by atoms with E-state index in [0.717, 1.165) is 12.8 Å². The van der Waals surface area contributed by atoms with Gasteiger partial charge in [0.2, 0.25) is 0 Å². The largest absolute Gasteiger partial charge is 0.459 e. The van der Waals surface area contributed by atoms with Crippen LogP contribution in [0.5, 0.6) is 6.01 Å². The molecule has 1 N–H and O–H groups in total. The summed E-state index contributed by atoms with van der Waals surface area (Å²) in [7, 11) is 0. The van der Waals surface area contributed by atoms with E-state index in [-0.39, 0.29) is 6.10 Å². The predicted molar refractivity (Wildman–Crippen MR) is 78.2 cm³/mol. The normalized spacial score (nSPS) is 15.1. The molecule has 1 aliphatic carbocycles. The first-order valence-electron chi connectivity index (χ1n) is 7.41. The Labute approximate surface area is 130 Å².